The van der Waals surface area contributed by atoms with E-state index in [1.807, 2.05) is 0 Å². The Morgan fingerprint density at radius 1 is 0.842 bits per heavy atom. The number of aliphatic hydroxyl groups excluding tert-OH is 2. The fourth-order valence-corrected chi connectivity index (χ4v) is 0. The molecule has 0 amide bonds. The molecule has 0 aromatic carbocycles. The van der Waals surface area contributed by atoms with Crippen LogP contribution in [-0.4, -0.2) is 61.9 Å². The normalized spacial score (nSPS) is 7.16. The van der Waals surface area contributed by atoms with Crippen molar-refractivity contribution in [3.63, 3.8) is 0 Å². The van der Waals surface area contributed by atoms with Gasteiger partial charge in [0, 0.05) is 41.7 Å². The van der Waals surface area contributed by atoms with Gasteiger partial charge in [0.2, 0.25) is 0 Å². The highest BCUT2D eigenvalue weighted by atomic mass is 27.0. The second-order valence-corrected chi connectivity index (χ2v) is 3.27. The van der Waals surface area contributed by atoms with Crippen LogP contribution in [0.15, 0.2) is 25.3 Å². The van der Waals surface area contributed by atoms with Crippen molar-refractivity contribution in [2.24, 2.45) is 0 Å². The van der Waals surface area contributed by atoms with Gasteiger partial charge in [-0.25, -0.2) is 9.59 Å². The van der Waals surface area contributed by atoms with Crippen LogP contribution in [0.25, 0.3) is 0 Å². The van der Waals surface area contributed by atoms with E-state index in [1.165, 1.54) is 0 Å². The Morgan fingerprint density at radius 2 is 0.895 bits per heavy atom. The van der Waals surface area contributed by atoms with Gasteiger partial charge in [-0.2, -0.15) is 0 Å². The number of aliphatic carboxylic acids is 2. The minimum atomic E-state index is -0.981. The van der Waals surface area contributed by atoms with Crippen molar-refractivity contribution in [2.75, 3.05) is 0 Å². The van der Waals surface area contributed by atoms with Crippen LogP contribution in [0.1, 0.15) is 27.7 Å². The Kier molecular flexibility index (Phi) is 41.5. The van der Waals surface area contributed by atoms with Gasteiger partial charge in [-0.05, 0) is 27.7 Å². The number of hydrogen-bond donors (Lipinski definition) is 4. The van der Waals surface area contributed by atoms with Gasteiger partial charge in [0.25, 0.3) is 0 Å². The van der Waals surface area contributed by atoms with E-state index in [2.05, 4.69) is 13.2 Å². The number of rotatable bonds is 2. The molecule has 0 saturated carbocycles. The van der Waals surface area contributed by atoms with Gasteiger partial charge >= 0.3 is 11.9 Å². The van der Waals surface area contributed by atoms with E-state index in [-0.39, 0.29) is 29.6 Å². The molecule has 0 aliphatic rings. The lowest BCUT2D eigenvalue weighted by Gasteiger charge is -1.80. The fraction of sp³-hybridized carbons (Fsp3) is 0.500. The van der Waals surface area contributed by atoms with Crippen molar-refractivity contribution in [3.8, 4) is 0 Å². The van der Waals surface area contributed by atoms with E-state index in [9.17, 15) is 9.59 Å². The Balaban J connectivity index is -0.0000000453. The second kappa shape index (κ2) is 25.7. The molecular weight excluding hydrogens is 267 g/mol. The summed E-state index contributed by atoms with van der Waals surface area (Å²) in [5, 5.41) is 31.3. The largest absolute Gasteiger partial charge is 0.478 e. The maximum absolute atomic E-state index is 9.25. The van der Waals surface area contributed by atoms with Crippen molar-refractivity contribution < 1.29 is 30.0 Å². The van der Waals surface area contributed by atoms with E-state index in [0.29, 0.717) is 0 Å². The highest BCUT2D eigenvalue weighted by Gasteiger charge is 1.74. The number of carboxylic acid groups (broad SMARTS) is 2. The molecule has 0 spiro atoms. The molecular formula is C12H24AlO6. The summed E-state index contributed by atoms with van der Waals surface area (Å²) in [5.74, 6) is -1.96. The first-order chi connectivity index (χ1) is 8.00. The molecule has 0 aromatic heterocycles. The van der Waals surface area contributed by atoms with Crippen molar-refractivity contribution in [2.45, 2.75) is 39.9 Å². The number of hydrogen-bond acceptors (Lipinski definition) is 4. The minimum Gasteiger partial charge on any atom is -0.478 e. The van der Waals surface area contributed by atoms with Crippen LogP contribution in [0.3, 0.4) is 0 Å². The maximum Gasteiger partial charge on any atom is 0.327 e. The molecule has 6 nitrogen and oxygen atoms in total. The average Bonchev–Trinajstić information content (AvgIpc) is 2.16. The molecule has 7 heteroatoms. The molecule has 0 aromatic rings. The first kappa shape index (κ1) is 30.7. The lowest BCUT2D eigenvalue weighted by atomic mass is 10.5. The van der Waals surface area contributed by atoms with Crippen molar-refractivity contribution in [3.05, 3.63) is 25.3 Å². The van der Waals surface area contributed by atoms with Gasteiger partial charge in [-0.3, -0.25) is 0 Å². The van der Waals surface area contributed by atoms with Crippen molar-refractivity contribution >= 4 is 29.3 Å². The molecule has 0 heterocycles. The van der Waals surface area contributed by atoms with Gasteiger partial charge in [0.15, 0.2) is 0 Å². The van der Waals surface area contributed by atoms with E-state index in [1.54, 1.807) is 27.7 Å². The summed E-state index contributed by atoms with van der Waals surface area (Å²) in [6.45, 7) is 12.8. The highest BCUT2D eigenvalue weighted by Crippen LogP contribution is 1.65. The first-order valence-corrected chi connectivity index (χ1v) is 5.08. The highest BCUT2D eigenvalue weighted by molar-refractivity contribution is 5.79. The second-order valence-electron chi connectivity index (χ2n) is 3.27. The summed E-state index contributed by atoms with van der Waals surface area (Å²) in [7, 11) is 0. The third kappa shape index (κ3) is 452. The molecule has 0 atom stereocenters. The molecule has 0 aliphatic carbocycles. The predicted molar refractivity (Wildman–Crippen MR) is 76.1 cm³/mol. The summed E-state index contributed by atoms with van der Waals surface area (Å²) < 4.78 is 0. The molecule has 0 fully saturated rings. The number of carboxylic acids is 2. The summed E-state index contributed by atoms with van der Waals surface area (Å²) in [6, 6.07) is 0. The lowest BCUT2D eigenvalue weighted by molar-refractivity contribution is -0.132. The summed E-state index contributed by atoms with van der Waals surface area (Å²) in [5.41, 5.74) is 0. The van der Waals surface area contributed by atoms with Crippen LogP contribution < -0.4 is 0 Å². The van der Waals surface area contributed by atoms with E-state index < -0.39 is 11.9 Å². The molecule has 0 aliphatic heterocycles. The first-order valence-electron chi connectivity index (χ1n) is 5.08. The van der Waals surface area contributed by atoms with Gasteiger partial charge in [-0.15, -0.1) is 0 Å². The van der Waals surface area contributed by atoms with Gasteiger partial charge in [0.1, 0.15) is 0 Å². The zero-order valence-corrected chi connectivity index (χ0v) is 13.1. The average molecular weight is 291 g/mol. The zero-order chi connectivity index (χ0) is 15.7. The molecule has 0 saturated heterocycles. The maximum atomic E-state index is 9.25. The quantitative estimate of drug-likeness (QED) is 0.444. The summed E-state index contributed by atoms with van der Waals surface area (Å²) >= 11 is 0. The van der Waals surface area contributed by atoms with E-state index in [4.69, 9.17) is 20.4 Å². The predicted octanol–water partition coefficient (Wildman–Crippen LogP) is 0.907. The van der Waals surface area contributed by atoms with Crippen LogP contribution >= 0.6 is 0 Å². The minimum absolute atomic E-state index is 0. The molecule has 0 bridgehead atoms. The third-order valence-corrected chi connectivity index (χ3v) is 0.349. The van der Waals surface area contributed by atoms with Crippen molar-refractivity contribution in [1.82, 2.24) is 0 Å². The van der Waals surface area contributed by atoms with E-state index in [0.717, 1.165) is 12.2 Å². The molecule has 3 radical (unpaired) electrons. The van der Waals surface area contributed by atoms with Crippen molar-refractivity contribution in [1.29, 1.82) is 0 Å². The molecule has 19 heavy (non-hydrogen) atoms. The molecule has 0 unspecified atom stereocenters. The fourth-order valence-electron chi connectivity index (χ4n) is 0. The number of carbonyl (C=O) groups is 2. The molecule has 0 rings (SSSR count). The smallest absolute Gasteiger partial charge is 0.327 e. The monoisotopic (exact) mass is 291 g/mol. The van der Waals surface area contributed by atoms with Gasteiger partial charge in [0.05, 0.1) is 0 Å². The standard InChI is InChI=1S/2C3H4O2.2C3H8O.Al/c2*1-2-3(4)5;2*1-3(2)4;/h2*2H,1H2,(H,4,5);2*3-4H,1-2H3;. The summed E-state index contributed by atoms with van der Waals surface area (Å²) in [6.07, 6.45) is 1.33. The summed E-state index contributed by atoms with van der Waals surface area (Å²) in [4.78, 5) is 18.5. The molecule has 4 N–H and O–H groups in total. The lowest BCUT2D eigenvalue weighted by Crippen LogP contribution is -1.85. The Morgan fingerprint density at radius 3 is 0.895 bits per heavy atom. The van der Waals surface area contributed by atoms with Crippen LogP contribution in [0.2, 0.25) is 0 Å². The SMILES string of the molecule is C=CC(=O)O.C=CC(=O)O.CC(C)O.CC(C)O.[Al]. The van der Waals surface area contributed by atoms with Crippen LogP contribution in [0.5, 0.6) is 0 Å². The van der Waals surface area contributed by atoms with E-state index >= 15 is 0 Å². The number of aliphatic hydroxyl groups is 2. The topological polar surface area (TPSA) is 115 Å². The Hall–Kier alpha value is -1.13. The van der Waals surface area contributed by atoms with Crippen LogP contribution in [0.4, 0.5) is 0 Å². The zero-order valence-electron chi connectivity index (χ0n) is 11.9. The van der Waals surface area contributed by atoms with Crippen LogP contribution in [-0.2, 0) is 9.59 Å². The molecule has 111 valence electrons. The Labute approximate surface area is 125 Å². The van der Waals surface area contributed by atoms with Crippen LogP contribution in [0, 0.1) is 0 Å². The van der Waals surface area contributed by atoms with Gasteiger partial charge in [-0.1, -0.05) is 13.2 Å². The third-order valence-electron chi connectivity index (χ3n) is 0.349. The van der Waals surface area contributed by atoms with Gasteiger partial charge < -0.3 is 20.4 Å². The Bertz CT molecular complexity index is 197.